The number of rotatable bonds is 3. The average Bonchev–Trinajstić information content (AvgIpc) is 3.12. The van der Waals surface area contributed by atoms with E-state index < -0.39 is 12.0 Å². The highest BCUT2D eigenvalue weighted by Crippen LogP contribution is 2.41. The van der Waals surface area contributed by atoms with E-state index in [2.05, 4.69) is 46.3 Å². The van der Waals surface area contributed by atoms with Crippen LogP contribution in [0.1, 0.15) is 48.5 Å². The Morgan fingerprint density at radius 2 is 1.83 bits per heavy atom. The third-order valence-corrected chi connectivity index (χ3v) is 6.49. The van der Waals surface area contributed by atoms with Crippen LogP contribution in [0.2, 0.25) is 0 Å². The molecular formula is C20H28Cl2F3N5. The molecule has 1 aromatic heterocycles. The first-order chi connectivity index (χ1) is 13.3. The second kappa shape index (κ2) is 9.42. The van der Waals surface area contributed by atoms with Gasteiger partial charge in [0, 0.05) is 31.1 Å². The summed E-state index contributed by atoms with van der Waals surface area (Å²) in [6, 6.07) is 8.93. The first-order valence-electron chi connectivity index (χ1n) is 9.83. The van der Waals surface area contributed by atoms with E-state index in [1.165, 1.54) is 15.7 Å². The summed E-state index contributed by atoms with van der Waals surface area (Å²) in [4.78, 5) is 2.26. The Kier molecular flexibility index (Phi) is 7.83. The summed E-state index contributed by atoms with van der Waals surface area (Å²) in [5.41, 5.74) is 8.76. The SMILES string of the molecule is Cc1cccc([C@]2(CN)CC[C@H](N3CCn4c(nnc4C(F)(F)F)C3)CC2)c1.Cl.Cl. The van der Waals surface area contributed by atoms with Crippen LogP contribution in [0.25, 0.3) is 0 Å². The maximum Gasteiger partial charge on any atom is 0.451 e. The van der Waals surface area contributed by atoms with Crippen molar-refractivity contribution >= 4 is 24.8 Å². The lowest BCUT2D eigenvalue weighted by molar-refractivity contribution is -0.148. The third kappa shape index (κ3) is 4.61. The Balaban J connectivity index is 0.00000160. The molecule has 2 aliphatic rings. The van der Waals surface area contributed by atoms with Gasteiger partial charge in [-0.15, -0.1) is 35.0 Å². The number of fused-ring (bicyclic) bond motifs is 1. The standard InChI is InChI=1S/C20H26F3N5.2ClH/c1-14-3-2-4-15(11-14)19(13-24)7-5-16(6-8-19)27-9-10-28-17(12-27)25-26-18(28)20(21,22)23;;/h2-4,11,16H,5-10,12-13,24H2,1H3;2*1H/t16-,19+;;. The van der Waals surface area contributed by atoms with Gasteiger partial charge in [-0.25, -0.2) is 0 Å². The van der Waals surface area contributed by atoms with Gasteiger partial charge in [-0.05, 0) is 38.2 Å². The molecule has 0 amide bonds. The van der Waals surface area contributed by atoms with Crippen LogP contribution in [-0.2, 0) is 24.7 Å². The quantitative estimate of drug-likeness (QED) is 0.740. The number of aryl methyl sites for hydroxylation is 1. The molecule has 0 atom stereocenters. The van der Waals surface area contributed by atoms with Gasteiger partial charge < -0.3 is 10.3 Å². The highest BCUT2D eigenvalue weighted by molar-refractivity contribution is 5.85. The minimum atomic E-state index is -4.45. The van der Waals surface area contributed by atoms with Crippen LogP contribution >= 0.6 is 24.8 Å². The van der Waals surface area contributed by atoms with Gasteiger partial charge in [0.1, 0.15) is 5.82 Å². The molecule has 0 saturated heterocycles. The number of halogens is 5. The highest BCUT2D eigenvalue weighted by atomic mass is 35.5. The minimum Gasteiger partial charge on any atom is -0.330 e. The molecule has 30 heavy (non-hydrogen) atoms. The van der Waals surface area contributed by atoms with Gasteiger partial charge in [0.15, 0.2) is 0 Å². The van der Waals surface area contributed by atoms with Gasteiger partial charge in [0.05, 0.1) is 6.54 Å². The van der Waals surface area contributed by atoms with E-state index in [1.54, 1.807) is 0 Å². The van der Waals surface area contributed by atoms with Gasteiger partial charge in [-0.2, -0.15) is 13.2 Å². The van der Waals surface area contributed by atoms with Gasteiger partial charge in [0.25, 0.3) is 0 Å². The van der Waals surface area contributed by atoms with Crippen molar-refractivity contribution < 1.29 is 13.2 Å². The molecule has 0 spiro atoms. The van der Waals surface area contributed by atoms with E-state index in [0.717, 1.165) is 25.7 Å². The Bertz CT molecular complexity index is 847. The lowest BCUT2D eigenvalue weighted by Crippen LogP contribution is -2.47. The maximum atomic E-state index is 13.0. The number of nitrogens with two attached hydrogens (primary N) is 1. The first-order valence-corrected chi connectivity index (χ1v) is 9.83. The summed E-state index contributed by atoms with van der Waals surface area (Å²) in [5.74, 6) is -0.472. The molecule has 168 valence electrons. The molecule has 2 N–H and O–H groups in total. The number of benzene rings is 1. The summed E-state index contributed by atoms with van der Waals surface area (Å²) in [5, 5.41) is 7.18. The first kappa shape index (κ1) is 24.9. The van der Waals surface area contributed by atoms with Crippen LogP contribution in [0, 0.1) is 6.92 Å². The van der Waals surface area contributed by atoms with Crippen molar-refractivity contribution in [1.29, 1.82) is 0 Å². The van der Waals surface area contributed by atoms with Crippen molar-refractivity contribution in [3.63, 3.8) is 0 Å². The molecule has 1 aliphatic heterocycles. The molecule has 10 heteroatoms. The monoisotopic (exact) mass is 465 g/mol. The molecule has 0 radical (unpaired) electrons. The normalized spacial score (nSPS) is 24.5. The van der Waals surface area contributed by atoms with E-state index in [1.807, 2.05) is 0 Å². The predicted molar refractivity (Wildman–Crippen MR) is 114 cm³/mol. The second-order valence-electron chi connectivity index (χ2n) is 8.14. The van der Waals surface area contributed by atoms with Crippen LogP contribution in [-0.4, -0.2) is 38.8 Å². The molecule has 2 aromatic rings. The van der Waals surface area contributed by atoms with Crippen molar-refractivity contribution in [1.82, 2.24) is 19.7 Å². The Labute approximate surface area is 187 Å². The van der Waals surface area contributed by atoms with Crippen molar-refractivity contribution in [2.24, 2.45) is 5.73 Å². The molecule has 1 aromatic carbocycles. The number of hydrogen-bond acceptors (Lipinski definition) is 4. The molecule has 0 unspecified atom stereocenters. The summed E-state index contributed by atoms with van der Waals surface area (Å²) in [7, 11) is 0. The van der Waals surface area contributed by atoms with Crippen LogP contribution in [0.4, 0.5) is 13.2 Å². The molecule has 1 saturated carbocycles. The zero-order valence-electron chi connectivity index (χ0n) is 16.9. The molecule has 1 aliphatic carbocycles. The van der Waals surface area contributed by atoms with Crippen LogP contribution in [0.15, 0.2) is 24.3 Å². The number of hydrogen-bond donors (Lipinski definition) is 1. The Morgan fingerprint density at radius 1 is 1.13 bits per heavy atom. The summed E-state index contributed by atoms with van der Waals surface area (Å²) >= 11 is 0. The zero-order chi connectivity index (χ0) is 19.9. The van der Waals surface area contributed by atoms with E-state index in [4.69, 9.17) is 5.73 Å². The van der Waals surface area contributed by atoms with Gasteiger partial charge >= 0.3 is 6.18 Å². The van der Waals surface area contributed by atoms with Crippen LogP contribution < -0.4 is 5.73 Å². The molecule has 5 nitrogen and oxygen atoms in total. The molecule has 1 fully saturated rings. The fraction of sp³-hybridized carbons (Fsp3) is 0.600. The lowest BCUT2D eigenvalue weighted by atomic mass is 9.67. The maximum absolute atomic E-state index is 13.0. The summed E-state index contributed by atoms with van der Waals surface area (Å²) in [6.07, 6.45) is -0.479. The number of nitrogens with zero attached hydrogens (tertiary/aromatic N) is 4. The number of aromatic nitrogens is 3. The molecular weight excluding hydrogens is 438 g/mol. The fourth-order valence-electron chi connectivity index (χ4n) is 4.80. The van der Waals surface area contributed by atoms with Gasteiger partial charge in [-0.3, -0.25) is 4.90 Å². The molecule has 2 heterocycles. The van der Waals surface area contributed by atoms with Crippen LogP contribution in [0.5, 0.6) is 0 Å². The zero-order valence-corrected chi connectivity index (χ0v) is 18.5. The third-order valence-electron chi connectivity index (χ3n) is 6.49. The highest BCUT2D eigenvalue weighted by Gasteiger charge is 2.41. The van der Waals surface area contributed by atoms with Crippen molar-refractivity contribution in [2.45, 2.75) is 63.3 Å². The van der Waals surface area contributed by atoms with E-state index in [-0.39, 0.29) is 36.8 Å². The summed E-state index contributed by atoms with van der Waals surface area (Å²) in [6.45, 7) is 4.02. The van der Waals surface area contributed by atoms with Crippen molar-refractivity contribution in [2.75, 3.05) is 13.1 Å². The van der Waals surface area contributed by atoms with Gasteiger partial charge in [0.2, 0.25) is 5.82 Å². The second-order valence-corrected chi connectivity index (χ2v) is 8.14. The minimum absolute atomic E-state index is 0. The van der Waals surface area contributed by atoms with Crippen molar-refractivity contribution in [3.05, 3.63) is 47.0 Å². The topological polar surface area (TPSA) is 60.0 Å². The smallest absolute Gasteiger partial charge is 0.330 e. The Morgan fingerprint density at radius 3 is 2.43 bits per heavy atom. The fourth-order valence-corrected chi connectivity index (χ4v) is 4.80. The average molecular weight is 466 g/mol. The van der Waals surface area contributed by atoms with E-state index in [9.17, 15) is 13.2 Å². The van der Waals surface area contributed by atoms with E-state index >= 15 is 0 Å². The molecule has 0 bridgehead atoms. The lowest BCUT2D eigenvalue weighted by Gasteiger charge is -2.44. The van der Waals surface area contributed by atoms with Crippen molar-refractivity contribution in [3.8, 4) is 0 Å². The largest absolute Gasteiger partial charge is 0.451 e. The number of alkyl halides is 3. The van der Waals surface area contributed by atoms with E-state index in [0.29, 0.717) is 31.5 Å². The molecule has 4 rings (SSSR count). The summed E-state index contributed by atoms with van der Waals surface area (Å²) < 4.78 is 40.3. The predicted octanol–water partition coefficient (Wildman–Crippen LogP) is 4.10. The van der Waals surface area contributed by atoms with Crippen LogP contribution in [0.3, 0.4) is 0 Å². The Hall–Kier alpha value is -1.35. The van der Waals surface area contributed by atoms with Gasteiger partial charge in [-0.1, -0.05) is 29.8 Å².